The first kappa shape index (κ1) is 20.2. The molecule has 8 heteroatoms. The number of carbonyl (C=O) groups excluding carboxylic acids is 3. The minimum atomic E-state index is -0.697. The SMILES string of the molecule is O=C(COC(=O)CCC(=O)c1ccc2c(c1)CCC2)Nc1ccccc1[N+](=O)[O-]. The van der Waals surface area contributed by atoms with Crippen molar-refractivity contribution >= 4 is 29.0 Å². The van der Waals surface area contributed by atoms with Crippen LogP contribution >= 0.6 is 0 Å². The van der Waals surface area contributed by atoms with Crippen LogP contribution in [-0.4, -0.2) is 29.2 Å². The number of benzene rings is 2. The largest absolute Gasteiger partial charge is 0.456 e. The molecule has 1 amide bonds. The molecule has 8 nitrogen and oxygen atoms in total. The lowest BCUT2D eigenvalue weighted by Gasteiger charge is -2.07. The Morgan fingerprint density at radius 2 is 1.79 bits per heavy atom. The van der Waals surface area contributed by atoms with Crippen molar-refractivity contribution in [3.05, 3.63) is 69.3 Å². The van der Waals surface area contributed by atoms with Crippen molar-refractivity contribution in [2.24, 2.45) is 0 Å². The predicted octanol–water partition coefficient (Wildman–Crippen LogP) is 3.23. The third-order valence-electron chi connectivity index (χ3n) is 4.72. The van der Waals surface area contributed by atoms with E-state index in [0.29, 0.717) is 5.56 Å². The molecule has 150 valence electrons. The maximum atomic E-state index is 12.3. The molecule has 1 N–H and O–H groups in total. The molecule has 0 saturated heterocycles. The van der Waals surface area contributed by atoms with Gasteiger partial charge < -0.3 is 10.1 Å². The summed E-state index contributed by atoms with van der Waals surface area (Å²) in [5, 5.41) is 13.3. The van der Waals surface area contributed by atoms with E-state index in [9.17, 15) is 24.5 Å². The lowest BCUT2D eigenvalue weighted by atomic mass is 10.0. The molecule has 0 heterocycles. The number of rotatable bonds is 8. The van der Waals surface area contributed by atoms with Crippen molar-refractivity contribution in [1.29, 1.82) is 0 Å². The standard InChI is InChI=1S/C21H20N2O6/c24-19(16-9-8-14-4-3-5-15(14)12-16)10-11-21(26)29-13-20(25)22-17-6-1-2-7-18(17)23(27)28/h1-2,6-9,12H,3-5,10-11,13H2,(H,22,25). The Kier molecular flexibility index (Phi) is 6.33. The van der Waals surface area contributed by atoms with Crippen LogP contribution in [-0.2, 0) is 27.2 Å². The fraction of sp³-hybridized carbons (Fsp3) is 0.286. The Morgan fingerprint density at radius 1 is 1.03 bits per heavy atom. The van der Waals surface area contributed by atoms with Gasteiger partial charge in [0.1, 0.15) is 5.69 Å². The molecule has 2 aromatic carbocycles. The third kappa shape index (κ3) is 5.25. The predicted molar refractivity (Wildman–Crippen MR) is 105 cm³/mol. The quantitative estimate of drug-likeness (QED) is 0.317. The number of fused-ring (bicyclic) bond motifs is 1. The van der Waals surface area contributed by atoms with Gasteiger partial charge in [-0.3, -0.25) is 24.5 Å². The number of nitrogens with one attached hydrogen (secondary N) is 1. The van der Waals surface area contributed by atoms with Gasteiger partial charge in [-0.15, -0.1) is 0 Å². The molecule has 29 heavy (non-hydrogen) atoms. The number of hydrogen-bond donors (Lipinski definition) is 1. The number of nitrogens with zero attached hydrogens (tertiary/aromatic N) is 1. The molecule has 2 aromatic rings. The van der Waals surface area contributed by atoms with Crippen LogP contribution in [0.25, 0.3) is 0 Å². The van der Waals surface area contributed by atoms with Crippen LogP contribution < -0.4 is 5.32 Å². The number of Topliss-reactive ketones (excluding diaryl/α,β-unsaturated/α-hetero) is 1. The highest BCUT2D eigenvalue weighted by Crippen LogP contribution is 2.24. The average molecular weight is 396 g/mol. The highest BCUT2D eigenvalue weighted by molar-refractivity contribution is 5.98. The molecule has 0 saturated carbocycles. The van der Waals surface area contributed by atoms with Crippen molar-refractivity contribution in [2.75, 3.05) is 11.9 Å². The van der Waals surface area contributed by atoms with Gasteiger partial charge in [-0.25, -0.2) is 0 Å². The van der Waals surface area contributed by atoms with E-state index in [1.807, 2.05) is 12.1 Å². The zero-order valence-electron chi connectivity index (χ0n) is 15.7. The number of nitro groups is 1. The second-order valence-electron chi connectivity index (χ2n) is 6.74. The topological polar surface area (TPSA) is 116 Å². The zero-order chi connectivity index (χ0) is 20.8. The highest BCUT2D eigenvalue weighted by Gasteiger charge is 2.17. The summed E-state index contributed by atoms with van der Waals surface area (Å²) in [6, 6.07) is 11.3. The Hall–Kier alpha value is -3.55. The van der Waals surface area contributed by atoms with E-state index in [4.69, 9.17) is 4.74 Å². The number of hydrogen-bond acceptors (Lipinski definition) is 6. The molecule has 0 spiro atoms. The minimum absolute atomic E-state index is 0.0105. The number of anilines is 1. The van der Waals surface area contributed by atoms with E-state index in [2.05, 4.69) is 5.32 Å². The van der Waals surface area contributed by atoms with Crippen molar-refractivity contribution in [1.82, 2.24) is 0 Å². The number of carbonyl (C=O) groups is 3. The average Bonchev–Trinajstić information content (AvgIpc) is 3.18. The van der Waals surface area contributed by atoms with Crippen LogP contribution in [0.5, 0.6) is 0 Å². The minimum Gasteiger partial charge on any atom is -0.456 e. The van der Waals surface area contributed by atoms with Crippen molar-refractivity contribution in [2.45, 2.75) is 32.1 Å². The van der Waals surface area contributed by atoms with Gasteiger partial charge in [0.25, 0.3) is 11.6 Å². The molecule has 0 aliphatic heterocycles. The summed E-state index contributed by atoms with van der Waals surface area (Å²) in [7, 11) is 0. The van der Waals surface area contributed by atoms with Gasteiger partial charge in [0.2, 0.25) is 0 Å². The Labute approximate surface area is 167 Å². The molecule has 1 aliphatic rings. The van der Waals surface area contributed by atoms with Crippen LogP contribution in [0.1, 0.15) is 40.7 Å². The van der Waals surface area contributed by atoms with Crippen molar-refractivity contribution in [3.63, 3.8) is 0 Å². The van der Waals surface area contributed by atoms with Crippen LogP contribution in [0.15, 0.2) is 42.5 Å². The van der Waals surface area contributed by atoms with Crippen LogP contribution in [0.4, 0.5) is 11.4 Å². The van der Waals surface area contributed by atoms with Gasteiger partial charge in [0.15, 0.2) is 12.4 Å². The summed E-state index contributed by atoms with van der Waals surface area (Å²) in [6.07, 6.45) is 2.93. The molecule has 1 aliphatic carbocycles. The van der Waals surface area contributed by atoms with E-state index in [-0.39, 0.29) is 30.0 Å². The first-order chi connectivity index (χ1) is 13.9. The van der Waals surface area contributed by atoms with Gasteiger partial charge in [-0.05, 0) is 42.5 Å². The van der Waals surface area contributed by atoms with E-state index < -0.39 is 23.4 Å². The van der Waals surface area contributed by atoms with Crippen LogP contribution in [0.3, 0.4) is 0 Å². The van der Waals surface area contributed by atoms with Crippen LogP contribution in [0.2, 0.25) is 0 Å². The fourth-order valence-electron chi connectivity index (χ4n) is 3.25. The monoisotopic (exact) mass is 396 g/mol. The maximum absolute atomic E-state index is 12.3. The Bertz CT molecular complexity index is 969. The van der Waals surface area contributed by atoms with E-state index in [1.165, 1.54) is 29.3 Å². The first-order valence-electron chi connectivity index (χ1n) is 9.28. The van der Waals surface area contributed by atoms with Crippen molar-refractivity contribution < 1.29 is 24.0 Å². The fourth-order valence-corrected chi connectivity index (χ4v) is 3.25. The van der Waals surface area contributed by atoms with Gasteiger partial charge in [-0.1, -0.05) is 24.3 Å². The van der Waals surface area contributed by atoms with Gasteiger partial charge in [-0.2, -0.15) is 0 Å². The smallest absolute Gasteiger partial charge is 0.306 e. The van der Waals surface area contributed by atoms with Gasteiger partial charge >= 0.3 is 5.97 Å². The molecule has 0 radical (unpaired) electrons. The van der Waals surface area contributed by atoms with Crippen molar-refractivity contribution in [3.8, 4) is 0 Å². The summed E-state index contributed by atoms with van der Waals surface area (Å²) < 4.78 is 4.86. The molecule has 0 unspecified atom stereocenters. The molecule has 0 fully saturated rings. The highest BCUT2D eigenvalue weighted by atomic mass is 16.6. The number of amides is 1. The summed E-state index contributed by atoms with van der Waals surface area (Å²) >= 11 is 0. The molecule has 3 rings (SSSR count). The molecular weight excluding hydrogens is 376 g/mol. The third-order valence-corrected chi connectivity index (χ3v) is 4.72. The normalized spacial score (nSPS) is 12.1. The number of nitro benzene ring substituents is 1. The molecule has 0 atom stereocenters. The van der Waals surface area contributed by atoms with Crippen LogP contribution in [0, 0.1) is 10.1 Å². The van der Waals surface area contributed by atoms with E-state index in [1.54, 1.807) is 12.1 Å². The second-order valence-corrected chi connectivity index (χ2v) is 6.74. The lowest BCUT2D eigenvalue weighted by Crippen LogP contribution is -2.21. The number of aryl methyl sites for hydroxylation is 2. The maximum Gasteiger partial charge on any atom is 0.306 e. The second kappa shape index (κ2) is 9.09. The van der Waals surface area contributed by atoms with E-state index in [0.717, 1.165) is 19.3 Å². The summed E-state index contributed by atoms with van der Waals surface area (Å²) in [6.45, 7) is -0.585. The van der Waals surface area contributed by atoms with E-state index >= 15 is 0 Å². The summed E-state index contributed by atoms with van der Waals surface area (Å²) in [4.78, 5) is 46.3. The number of para-hydroxylation sites is 2. The first-order valence-corrected chi connectivity index (χ1v) is 9.28. The number of ether oxygens (including phenoxy) is 1. The lowest BCUT2D eigenvalue weighted by molar-refractivity contribution is -0.383. The summed E-state index contributed by atoms with van der Waals surface area (Å²) in [5.74, 6) is -1.53. The number of esters is 1. The number of ketones is 1. The molecular formula is C21H20N2O6. The van der Waals surface area contributed by atoms with Gasteiger partial charge in [0.05, 0.1) is 11.3 Å². The molecule has 0 aromatic heterocycles. The Morgan fingerprint density at radius 3 is 2.59 bits per heavy atom. The summed E-state index contributed by atoms with van der Waals surface area (Å²) in [5.41, 5.74) is 2.79. The Balaban J connectivity index is 1.44. The molecule has 0 bridgehead atoms. The van der Waals surface area contributed by atoms with Gasteiger partial charge in [0, 0.05) is 18.1 Å². The zero-order valence-corrected chi connectivity index (χ0v) is 15.7.